The SMILES string of the molecule is C#CCN(CC(=O)O)C(=O)NCc1cc(C)c(F)c(C)c1. The zero-order valence-corrected chi connectivity index (χ0v) is 11.9. The molecule has 0 spiro atoms. The second-order valence-electron chi connectivity index (χ2n) is 4.66. The number of benzene rings is 1. The van der Waals surface area contributed by atoms with E-state index in [2.05, 4.69) is 11.2 Å². The van der Waals surface area contributed by atoms with Crippen LogP contribution >= 0.6 is 0 Å². The summed E-state index contributed by atoms with van der Waals surface area (Å²) >= 11 is 0. The molecular weight excluding hydrogens is 275 g/mol. The first-order valence-corrected chi connectivity index (χ1v) is 6.28. The van der Waals surface area contributed by atoms with Crippen molar-refractivity contribution in [3.63, 3.8) is 0 Å². The predicted molar refractivity (Wildman–Crippen MR) is 76.2 cm³/mol. The summed E-state index contributed by atoms with van der Waals surface area (Å²) in [5.74, 6) is 0.812. The summed E-state index contributed by atoms with van der Waals surface area (Å²) in [6, 6.07) is 2.69. The number of hydrogen-bond acceptors (Lipinski definition) is 2. The lowest BCUT2D eigenvalue weighted by molar-refractivity contribution is -0.137. The Bertz CT molecular complexity index is 570. The monoisotopic (exact) mass is 292 g/mol. The van der Waals surface area contributed by atoms with E-state index in [1.54, 1.807) is 26.0 Å². The maximum absolute atomic E-state index is 13.5. The number of urea groups is 1. The Kier molecular flexibility index (Phi) is 5.73. The molecule has 0 saturated carbocycles. The molecule has 0 aromatic heterocycles. The van der Waals surface area contributed by atoms with E-state index < -0.39 is 18.5 Å². The summed E-state index contributed by atoms with van der Waals surface area (Å²) < 4.78 is 13.5. The van der Waals surface area contributed by atoms with Crippen LogP contribution in [0.3, 0.4) is 0 Å². The van der Waals surface area contributed by atoms with E-state index in [1.165, 1.54) is 0 Å². The number of aliphatic carboxylic acids is 1. The summed E-state index contributed by atoms with van der Waals surface area (Å²) in [5.41, 5.74) is 1.71. The maximum atomic E-state index is 13.5. The van der Waals surface area contributed by atoms with Gasteiger partial charge in [0.25, 0.3) is 0 Å². The molecule has 112 valence electrons. The molecule has 0 aliphatic carbocycles. The molecule has 0 fully saturated rings. The summed E-state index contributed by atoms with van der Waals surface area (Å²) in [5, 5.41) is 11.3. The van der Waals surface area contributed by atoms with E-state index in [1.807, 2.05) is 0 Å². The van der Waals surface area contributed by atoms with Gasteiger partial charge in [0.2, 0.25) is 0 Å². The van der Waals surface area contributed by atoms with Crippen LogP contribution in [0.4, 0.5) is 9.18 Å². The topological polar surface area (TPSA) is 69.6 Å². The van der Waals surface area contributed by atoms with E-state index in [9.17, 15) is 14.0 Å². The molecular formula is C15H17FN2O3. The van der Waals surface area contributed by atoms with Gasteiger partial charge in [0.1, 0.15) is 12.4 Å². The lowest BCUT2D eigenvalue weighted by Gasteiger charge is -2.18. The fourth-order valence-corrected chi connectivity index (χ4v) is 1.90. The standard InChI is InChI=1S/C15H17FN2O3/c1-4-5-18(9-13(19)20)15(21)17-8-12-6-10(2)14(16)11(3)7-12/h1,6-7H,5,8-9H2,2-3H3,(H,17,21)(H,19,20). The second kappa shape index (κ2) is 7.29. The summed E-state index contributed by atoms with van der Waals surface area (Å²) in [6.45, 7) is 2.88. The molecule has 1 aromatic rings. The minimum Gasteiger partial charge on any atom is -0.480 e. The quantitative estimate of drug-likeness (QED) is 0.811. The number of carboxylic acid groups (broad SMARTS) is 1. The van der Waals surface area contributed by atoms with Gasteiger partial charge in [0, 0.05) is 6.54 Å². The summed E-state index contributed by atoms with van der Waals surface area (Å²) in [4.78, 5) is 23.5. The Morgan fingerprint density at radius 3 is 2.43 bits per heavy atom. The molecule has 2 amide bonds. The fraction of sp³-hybridized carbons (Fsp3) is 0.333. The van der Waals surface area contributed by atoms with E-state index in [4.69, 9.17) is 11.5 Å². The normalized spacial score (nSPS) is 9.81. The number of amides is 2. The molecule has 21 heavy (non-hydrogen) atoms. The predicted octanol–water partition coefficient (Wildman–Crippen LogP) is 1.67. The van der Waals surface area contributed by atoms with Crippen molar-refractivity contribution in [2.75, 3.05) is 13.1 Å². The minimum atomic E-state index is -1.14. The molecule has 5 nitrogen and oxygen atoms in total. The number of nitrogens with one attached hydrogen (secondary N) is 1. The van der Waals surface area contributed by atoms with Crippen molar-refractivity contribution in [3.05, 3.63) is 34.6 Å². The van der Waals surface area contributed by atoms with Crippen molar-refractivity contribution in [3.8, 4) is 12.3 Å². The van der Waals surface area contributed by atoms with E-state index >= 15 is 0 Å². The summed E-state index contributed by atoms with van der Waals surface area (Å²) in [6.07, 6.45) is 5.10. The van der Waals surface area contributed by atoms with Crippen LogP contribution in [0.5, 0.6) is 0 Å². The molecule has 0 atom stereocenters. The third-order valence-corrected chi connectivity index (χ3v) is 2.84. The van der Waals surface area contributed by atoms with E-state index in [-0.39, 0.29) is 18.9 Å². The van der Waals surface area contributed by atoms with Gasteiger partial charge >= 0.3 is 12.0 Å². The van der Waals surface area contributed by atoms with Gasteiger partial charge in [-0.3, -0.25) is 4.79 Å². The van der Waals surface area contributed by atoms with Crippen molar-refractivity contribution in [2.24, 2.45) is 0 Å². The number of halogens is 1. The highest BCUT2D eigenvalue weighted by Gasteiger charge is 2.15. The Labute approximate surface area is 122 Å². The molecule has 1 rings (SSSR count). The Hall–Kier alpha value is -2.55. The number of carbonyl (C=O) groups is 2. The lowest BCUT2D eigenvalue weighted by Crippen LogP contribution is -2.42. The van der Waals surface area contributed by atoms with Gasteiger partial charge in [-0.15, -0.1) is 6.42 Å². The minimum absolute atomic E-state index is 0.0976. The zero-order chi connectivity index (χ0) is 16.0. The molecule has 0 aliphatic heterocycles. The third kappa shape index (κ3) is 4.80. The first-order chi connectivity index (χ1) is 9.85. The molecule has 2 N–H and O–H groups in total. The van der Waals surface area contributed by atoms with E-state index in [0.717, 1.165) is 10.5 Å². The van der Waals surface area contributed by atoms with Crippen molar-refractivity contribution >= 4 is 12.0 Å². The van der Waals surface area contributed by atoms with Crippen molar-refractivity contribution in [2.45, 2.75) is 20.4 Å². The van der Waals surface area contributed by atoms with Gasteiger partial charge in [-0.25, -0.2) is 9.18 Å². The highest BCUT2D eigenvalue weighted by Crippen LogP contribution is 2.14. The number of rotatable bonds is 5. The van der Waals surface area contributed by atoms with Crippen molar-refractivity contribution in [1.82, 2.24) is 10.2 Å². The first kappa shape index (κ1) is 16.5. The lowest BCUT2D eigenvalue weighted by atomic mass is 10.1. The van der Waals surface area contributed by atoms with Crippen LogP contribution in [0.1, 0.15) is 16.7 Å². The average molecular weight is 292 g/mol. The Balaban J connectivity index is 2.71. The van der Waals surface area contributed by atoms with Gasteiger partial charge in [0.05, 0.1) is 6.54 Å². The number of nitrogens with zero attached hydrogens (tertiary/aromatic N) is 1. The molecule has 0 radical (unpaired) electrons. The number of hydrogen-bond donors (Lipinski definition) is 2. The smallest absolute Gasteiger partial charge is 0.323 e. The second-order valence-corrected chi connectivity index (χ2v) is 4.66. The van der Waals surface area contributed by atoms with Crippen LogP contribution in [0, 0.1) is 32.0 Å². The Morgan fingerprint density at radius 1 is 1.38 bits per heavy atom. The largest absolute Gasteiger partial charge is 0.480 e. The van der Waals surface area contributed by atoms with Crippen molar-refractivity contribution in [1.29, 1.82) is 0 Å². The third-order valence-electron chi connectivity index (χ3n) is 2.84. The van der Waals surface area contributed by atoms with Gasteiger partial charge in [0.15, 0.2) is 0 Å². The molecule has 6 heteroatoms. The van der Waals surface area contributed by atoms with Crippen LogP contribution in [-0.4, -0.2) is 35.1 Å². The van der Waals surface area contributed by atoms with Gasteiger partial charge in [-0.05, 0) is 30.5 Å². The highest BCUT2D eigenvalue weighted by atomic mass is 19.1. The van der Waals surface area contributed by atoms with Crippen LogP contribution in [-0.2, 0) is 11.3 Å². The van der Waals surface area contributed by atoms with Crippen LogP contribution < -0.4 is 5.32 Å². The van der Waals surface area contributed by atoms with Crippen LogP contribution in [0.2, 0.25) is 0 Å². The van der Waals surface area contributed by atoms with Gasteiger partial charge in [-0.1, -0.05) is 18.1 Å². The Morgan fingerprint density at radius 2 is 1.95 bits per heavy atom. The molecule has 1 aromatic carbocycles. The molecule has 0 unspecified atom stereocenters. The van der Waals surface area contributed by atoms with E-state index in [0.29, 0.717) is 11.1 Å². The molecule has 0 heterocycles. The number of terminal acetylenes is 1. The summed E-state index contributed by atoms with van der Waals surface area (Å²) in [7, 11) is 0. The fourth-order valence-electron chi connectivity index (χ4n) is 1.90. The van der Waals surface area contributed by atoms with Crippen molar-refractivity contribution < 1.29 is 19.1 Å². The molecule has 0 saturated heterocycles. The number of aryl methyl sites for hydroxylation is 2. The van der Waals surface area contributed by atoms with Crippen LogP contribution in [0.25, 0.3) is 0 Å². The molecule has 0 bridgehead atoms. The zero-order valence-electron chi connectivity index (χ0n) is 11.9. The first-order valence-electron chi connectivity index (χ1n) is 6.28. The number of carbonyl (C=O) groups excluding carboxylic acids is 1. The van der Waals surface area contributed by atoms with Crippen LogP contribution in [0.15, 0.2) is 12.1 Å². The number of carboxylic acids is 1. The average Bonchev–Trinajstić information content (AvgIpc) is 2.41. The van der Waals surface area contributed by atoms with Gasteiger partial charge in [-0.2, -0.15) is 0 Å². The molecule has 0 aliphatic rings. The maximum Gasteiger partial charge on any atom is 0.323 e. The highest BCUT2D eigenvalue weighted by molar-refractivity contribution is 5.80. The van der Waals surface area contributed by atoms with Gasteiger partial charge < -0.3 is 15.3 Å².